The number of thiophene rings is 1. The van der Waals surface area contributed by atoms with E-state index in [1.165, 1.54) is 0 Å². The molecule has 0 amide bonds. The summed E-state index contributed by atoms with van der Waals surface area (Å²) >= 11 is 4.71. The van der Waals surface area contributed by atoms with Crippen LogP contribution in [0.15, 0.2) is 39.5 Å². The van der Waals surface area contributed by atoms with Gasteiger partial charge in [-0.15, -0.1) is 0 Å². The molecule has 0 spiro atoms. The lowest BCUT2D eigenvalue weighted by atomic mass is 10.0. The summed E-state index contributed by atoms with van der Waals surface area (Å²) < 4.78 is 14.2. The van der Waals surface area contributed by atoms with Gasteiger partial charge in [0.15, 0.2) is 0 Å². The van der Waals surface area contributed by atoms with Gasteiger partial charge in [0.1, 0.15) is 5.82 Å². The summed E-state index contributed by atoms with van der Waals surface area (Å²) in [5.41, 5.74) is 7.43. The molecule has 0 aliphatic heterocycles. The maximum Gasteiger partial charge on any atom is 0.142 e. The Morgan fingerprint density at radius 3 is 2.80 bits per heavy atom. The van der Waals surface area contributed by atoms with E-state index in [0.29, 0.717) is 10.0 Å². The smallest absolute Gasteiger partial charge is 0.142 e. The molecule has 0 bridgehead atoms. The fraction of sp³-hybridized carbons (Fsp3) is 0.0909. The van der Waals surface area contributed by atoms with Crippen molar-refractivity contribution in [3.8, 4) is 0 Å². The van der Waals surface area contributed by atoms with Gasteiger partial charge in [0.05, 0.1) is 10.5 Å². The molecule has 78 valence electrons. The van der Waals surface area contributed by atoms with Gasteiger partial charge in [-0.2, -0.15) is 11.3 Å². The third kappa shape index (κ3) is 2.12. The topological polar surface area (TPSA) is 26.0 Å². The van der Waals surface area contributed by atoms with Crippen molar-refractivity contribution in [2.75, 3.05) is 0 Å². The van der Waals surface area contributed by atoms with Gasteiger partial charge in [-0.1, -0.05) is 12.1 Å². The number of halogens is 2. The van der Waals surface area contributed by atoms with Gasteiger partial charge in [-0.3, -0.25) is 0 Å². The standard InChI is InChI=1S/C11H9BrFNS/c12-9-3-1-2-8(10(9)13)11(14)7-4-5-15-6-7/h1-6,11H,14H2. The van der Waals surface area contributed by atoms with E-state index in [9.17, 15) is 4.39 Å². The fourth-order valence-corrected chi connectivity index (χ4v) is 2.47. The number of benzene rings is 1. The van der Waals surface area contributed by atoms with Crippen molar-refractivity contribution < 1.29 is 4.39 Å². The molecule has 1 aromatic heterocycles. The van der Waals surface area contributed by atoms with Crippen molar-refractivity contribution in [2.24, 2.45) is 5.73 Å². The number of hydrogen-bond donors (Lipinski definition) is 1. The van der Waals surface area contributed by atoms with Crippen molar-refractivity contribution in [2.45, 2.75) is 6.04 Å². The molecule has 1 atom stereocenters. The van der Waals surface area contributed by atoms with Gasteiger partial charge in [0.2, 0.25) is 0 Å². The highest BCUT2D eigenvalue weighted by molar-refractivity contribution is 9.10. The van der Waals surface area contributed by atoms with Crippen LogP contribution in [0.4, 0.5) is 4.39 Å². The molecular formula is C11H9BrFNS. The molecule has 15 heavy (non-hydrogen) atoms. The van der Waals surface area contributed by atoms with Crippen molar-refractivity contribution >= 4 is 27.3 Å². The molecule has 0 aliphatic rings. The van der Waals surface area contributed by atoms with Gasteiger partial charge in [-0.25, -0.2) is 4.39 Å². The second kappa shape index (κ2) is 4.43. The molecule has 1 aromatic carbocycles. The molecule has 2 aromatic rings. The quantitative estimate of drug-likeness (QED) is 0.895. The molecule has 2 N–H and O–H groups in total. The summed E-state index contributed by atoms with van der Waals surface area (Å²) in [5.74, 6) is -0.281. The van der Waals surface area contributed by atoms with Gasteiger partial charge >= 0.3 is 0 Å². The van der Waals surface area contributed by atoms with Crippen LogP contribution in [-0.4, -0.2) is 0 Å². The first-order valence-electron chi connectivity index (χ1n) is 4.41. The summed E-state index contributed by atoms with van der Waals surface area (Å²) in [4.78, 5) is 0. The molecule has 1 nitrogen and oxygen atoms in total. The summed E-state index contributed by atoms with van der Waals surface area (Å²) in [6.07, 6.45) is 0. The molecule has 0 fully saturated rings. The minimum absolute atomic E-state index is 0.281. The van der Waals surface area contributed by atoms with E-state index in [2.05, 4.69) is 15.9 Å². The zero-order valence-corrected chi connectivity index (χ0v) is 10.2. The molecule has 1 unspecified atom stereocenters. The molecular weight excluding hydrogens is 277 g/mol. The van der Waals surface area contributed by atoms with E-state index >= 15 is 0 Å². The number of hydrogen-bond acceptors (Lipinski definition) is 2. The highest BCUT2D eigenvalue weighted by Gasteiger charge is 2.15. The van der Waals surface area contributed by atoms with Crippen molar-refractivity contribution in [3.63, 3.8) is 0 Å². The average Bonchev–Trinajstić information content (AvgIpc) is 2.74. The predicted molar refractivity (Wildman–Crippen MR) is 64.4 cm³/mol. The van der Waals surface area contributed by atoms with Gasteiger partial charge in [0, 0.05) is 5.56 Å². The highest BCUT2D eigenvalue weighted by atomic mass is 79.9. The second-order valence-corrected chi connectivity index (χ2v) is 4.81. The van der Waals surface area contributed by atoms with Crippen LogP contribution in [-0.2, 0) is 0 Å². The van der Waals surface area contributed by atoms with Crippen molar-refractivity contribution in [3.05, 3.63) is 56.4 Å². The molecule has 0 radical (unpaired) electrons. The monoisotopic (exact) mass is 285 g/mol. The normalized spacial score (nSPS) is 12.7. The lowest BCUT2D eigenvalue weighted by Gasteiger charge is -2.12. The number of nitrogens with two attached hydrogens (primary N) is 1. The van der Waals surface area contributed by atoms with Crippen LogP contribution >= 0.6 is 27.3 Å². The zero-order chi connectivity index (χ0) is 10.8. The van der Waals surface area contributed by atoms with E-state index in [1.807, 2.05) is 16.8 Å². The van der Waals surface area contributed by atoms with Gasteiger partial charge < -0.3 is 5.73 Å². The minimum Gasteiger partial charge on any atom is -0.320 e. The Morgan fingerprint density at radius 1 is 1.33 bits per heavy atom. The first-order valence-corrected chi connectivity index (χ1v) is 6.15. The minimum atomic E-state index is -0.395. The summed E-state index contributed by atoms with van der Waals surface area (Å²) in [7, 11) is 0. The average molecular weight is 286 g/mol. The van der Waals surface area contributed by atoms with Crippen LogP contribution in [0.1, 0.15) is 17.2 Å². The highest BCUT2D eigenvalue weighted by Crippen LogP contribution is 2.27. The zero-order valence-electron chi connectivity index (χ0n) is 7.78. The van der Waals surface area contributed by atoms with E-state index < -0.39 is 6.04 Å². The van der Waals surface area contributed by atoms with Crippen LogP contribution in [0.3, 0.4) is 0 Å². The molecule has 0 saturated carbocycles. The van der Waals surface area contributed by atoms with E-state index in [4.69, 9.17) is 5.73 Å². The second-order valence-electron chi connectivity index (χ2n) is 3.18. The summed E-state index contributed by atoms with van der Waals surface area (Å²) in [6.45, 7) is 0. The maximum absolute atomic E-state index is 13.7. The van der Waals surface area contributed by atoms with Crippen LogP contribution in [0.2, 0.25) is 0 Å². The molecule has 1 heterocycles. The largest absolute Gasteiger partial charge is 0.320 e. The van der Waals surface area contributed by atoms with Crippen molar-refractivity contribution in [1.29, 1.82) is 0 Å². The molecule has 4 heteroatoms. The van der Waals surface area contributed by atoms with Crippen molar-refractivity contribution in [1.82, 2.24) is 0 Å². The Morgan fingerprint density at radius 2 is 2.13 bits per heavy atom. The van der Waals surface area contributed by atoms with Crippen LogP contribution in [0.25, 0.3) is 0 Å². The Hall–Kier alpha value is -0.710. The third-order valence-corrected chi connectivity index (χ3v) is 3.53. The van der Waals surface area contributed by atoms with Crippen LogP contribution in [0.5, 0.6) is 0 Å². The first kappa shape index (κ1) is 10.8. The summed E-state index contributed by atoms with van der Waals surface area (Å²) in [5, 5.41) is 3.87. The predicted octanol–water partition coefficient (Wildman–Crippen LogP) is 3.70. The van der Waals surface area contributed by atoms with E-state index in [-0.39, 0.29) is 5.82 Å². The Labute approximate surface area is 99.9 Å². The third-order valence-electron chi connectivity index (χ3n) is 2.22. The molecule has 2 rings (SSSR count). The fourth-order valence-electron chi connectivity index (χ4n) is 1.39. The lowest BCUT2D eigenvalue weighted by Crippen LogP contribution is -2.12. The van der Waals surface area contributed by atoms with Crippen LogP contribution < -0.4 is 5.73 Å². The molecule has 0 saturated heterocycles. The Kier molecular flexibility index (Phi) is 3.19. The SMILES string of the molecule is NC(c1ccsc1)c1cccc(Br)c1F. The summed E-state index contributed by atoms with van der Waals surface area (Å²) in [6, 6.07) is 6.68. The maximum atomic E-state index is 13.7. The van der Waals surface area contributed by atoms with E-state index in [0.717, 1.165) is 5.56 Å². The van der Waals surface area contributed by atoms with Crippen LogP contribution in [0, 0.1) is 5.82 Å². The van der Waals surface area contributed by atoms with Gasteiger partial charge in [-0.05, 0) is 44.4 Å². The van der Waals surface area contributed by atoms with Gasteiger partial charge in [0.25, 0.3) is 0 Å². The number of rotatable bonds is 2. The van der Waals surface area contributed by atoms with E-state index in [1.54, 1.807) is 29.5 Å². The first-order chi connectivity index (χ1) is 7.20. The molecule has 0 aliphatic carbocycles. The lowest BCUT2D eigenvalue weighted by molar-refractivity contribution is 0.593. The Bertz CT molecular complexity index is 456. The Balaban J connectivity index is 2.42.